The molecule has 1 heterocycles. The molecule has 0 aromatic heterocycles. The van der Waals surface area contributed by atoms with Gasteiger partial charge < -0.3 is 4.90 Å². The van der Waals surface area contributed by atoms with E-state index in [0.717, 1.165) is 25.8 Å². The second-order valence-electron chi connectivity index (χ2n) is 6.62. The molecule has 1 atom stereocenters. The van der Waals surface area contributed by atoms with E-state index in [9.17, 15) is 13.2 Å². The van der Waals surface area contributed by atoms with Crippen LogP contribution in [0.25, 0.3) is 0 Å². The van der Waals surface area contributed by atoms with Crippen molar-refractivity contribution in [2.24, 2.45) is 0 Å². The summed E-state index contributed by atoms with van der Waals surface area (Å²) in [7, 11) is -3.00. The molecule has 1 aromatic rings. The van der Waals surface area contributed by atoms with Gasteiger partial charge in [0.2, 0.25) is 5.91 Å². The van der Waals surface area contributed by atoms with Crippen molar-refractivity contribution in [3.63, 3.8) is 0 Å². The molecule has 128 valence electrons. The summed E-state index contributed by atoms with van der Waals surface area (Å²) in [5, 5.41) is 0. The molecule has 0 N–H and O–H groups in total. The van der Waals surface area contributed by atoms with E-state index in [2.05, 4.69) is 32.0 Å². The number of piperidine rings is 1. The van der Waals surface area contributed by atoms with Gasteiger partial charge in [0.25, 0.3) is 0 Å². The number of rotatable bonds is 5. The average molecular weight is 337 g/mol. The summed E-state index contributed by atoms with van der Waals surface area (Å²) in [6.07, 6.45) is 5.09. The SMILES string of the molecule is Cc1cccc([C@@H]2CCCCN2C(=O)CCCS(C)(=O)=O)c1C. The Morgan fingerprint density at radius 1 is 1.26 bits per heavy atom. The molecule has 0 aliphatic carbocycles. The number of sulfone groups is 1. The summed E-state index contributed by atoms with van der Waals surface area (Å²) in [6, 6.07) is 6.41. The number of carbonyl (C=O) groups is 1. The minimum atomic E-state index is -3.00. The van der Waals surface area contributed by atoms with Crippen molar-refractivity contribution in [2.45, 2.75) is 52.0 Å². The molecule has 2 rings (SSSR count). The monoisotopic (exact) mass is 337 g/mol. The average Bonchev–Trinajstić information content (AvgIpc) is 2.49. The van der Waals surface area contributed by atoms with Crippen LogP contribution in [0.5, 0.6) is 0 Å². The lowest BCUT2D eigenvalue weighted by Gasteiger charge is -2.37. The minimum absolute atomic E-state index is 0.0826. The van der Waals surface area contributed by atoms with E-state index in [0.29, 0.717) is 12.8 Å². The van der Waals surface area contributed by atoms with E-state index < -0.39 is 9.84 Å². The van der Waals surface area contributed by atoms with Gasteiger partial charge in [0.15, 0.2) is 0 Å². The van der Waals surface area contributed by atoms with Gasteiger partial charge in [-0.25, -0.2) is 8.42 Å². The first-order valence-corrected chi connectivity index (χ1v) is 10.4. The van der Waals surface area contributed by atoms with Gasteiger partial charge in [0.05, 0.1) is 11.8 Å². The molecule has 0 bridgehead atoms. The minimum Gasteiger partial charge on any atom is -0.336 e. The maximum Gasteiger partial charge on any atom is 0.223 e. The van der Waals surface area contributed by atoms with E-state index in [1.54, 1.807) is 0 Å². The first-order valence-electron chi connectivity index (χ1n) is 8.33. The fraction of sp³-hybridized carbons (Fsp3) is 0.611. The maximum atomic E-state index is 12.6. The lowest BCUT2D eigenvalue weighted by atomic mass is 9.90. The van der Waals surface area contributed by atoms with Crippen LogP contribution in [0.3, 0.4) is 0 Å². The van der Waals surface area contributed by atoms with Crippen LogP contribution in [0.4, 0.5) is 0 Å². The molecule has 4 nitrogen and oxygen atoms in total. The molecule has 0 spiro atoms. The van der Waals surface area contributed by atoms with Crippen LogP contribution in [0.1, 0.15) is 54.8 Å². The first kappa shape index (κ1) is 18.0. The molecule has 1 aliphatic rings. The van der Waals surface area contributed by atoms with Crippen molar-refractivity contribution in [1.29, 1.82) is 0 Å². The molecule has 1 saturated heterocycles. The summed E-state index contributed by atoms with van der Waals surface area (Å²) in [5.74, 6) is 0.167. The number of hydrogen-bond donors (Lipinski definition) is 0. The number of carbonyl (C=O) groups excluding carboxylic acids is 1. The Hall–Kier alpha value is -1.36. The van der Waals surface area contributed by atoms with Crippen LogP contribution in [0.2, 0.25) is 0 Å². The van der Waals surface area contributed by atoms with Crippen LogP contribution in [0.15, 0.2) is 18.2 Å². The highest BCUT2D eigenvalue weighted by atomic mass is 32.2. The van der Waals surface area contributed by atoms with Gasteiger partial charge in [-0.05, 0) is 56.2 Å². The second-order valence-corrected chi connectivity index (χ2v) is 8.88. The second kappa shape index (κ2) is 7.47. The van der Waals surface area contributed by atoms with Gasteiger partial charge >= 0.3 is 0 Å². The normalized spacial score (nSPS) is 18.9. The first-order chi connectivity index (χ1) is 10.8. The van der Waals surface area contributed by atoms with E-state index >= 15 is 0 Å². The predicted molar refractivity (Wildman–Crippen MR) is 93.2 cm³/mol. The van der Waals surface area contributed by atoms with Crippen LogP contribution in [-0.2, 0) is 14.6 Å². The lowest BCUT2D eigenvalue weighted by molar-refractivity contribution is -0.135. The van der Waals surface area contributed by atoms with Gasteiger partial charge in [-0.1, -0.05) is 18.2 Å². The van der Waals surface area contributed by atoms with Crippen molar-refractivity contribution in [3.05, 3.63) is 34.9 Å². The molecule has 1 aliphatic heterocycles. The van der Waals surface area contributed by atoms with Gasteiger partial charge in [0.1, 0.15) is 9.84 Å². The number of nitrogens with zero attached hydrogens (tertiary/aromatic N) is 1. The highest BCUT2D eigenvalue weighted by Gasteiger charge is 2.28. The number of likely N-dealkylation sites (tertiary alicyclic amines) is 1. The molecular formula is C18H27NO3S. The summed E-state index contributed by atoms with van der Waals surface area (Å²) >= 11 is 0. The molecule has 0 radical (unpaired) electrons. The van der Waals surface area contributed by atoms with Crippen molar-refractivity contribution >= 4 is 15.7 Å². The third kappa shape index (κ3) is 4.80. The molecule has 1 aromatic carbocycles. The zero-order valence-corrected chi connectivity index (χ0v) is 15.2. The van der Waals surface area contributed by atoms with Crippen molar-refractivity contribution in [3.8, 4) is 0 Å². The third-order valence-electron chi connectivity index (χ3n) is 4.73. The summed E-state index contributed by atoms with van der Waals surface area (Å²) in [5.41, 5.74) is 3.74. The predicted octanol–water partition coefficient (Wildman–Crippen LogP) is 3.18. The Morgan fingerprint density at radius 3 is 2.70 bits per heavy atom. The summed E-state index contributed by atoms with van der Waals surface area (Å²) in [4.78, 5) is 14.6. The van der Waals surface area contributed by atoms with Gasteiger partial charge in [-0.15, -0.1) is 0 Å². The molecule has 0 unspecified atom stereocenters. The van der Waals surface area contributed by atoms with Gasteiger partial charge in [-0.2, -0.15) is 0 Å². The Morgan fingerprint density at radius 2 is 2.00 bits per heavy atom. The zero-order chi connectivity index (χ0) is 17.0. The number of hydrogen-bond acceptors (Lipinski definition) is 3. The lowest BCUT2D eigenvalue weighted by Crippen LogP contribution is -2.38. The Bertz CT molecular complexity index is 667. The van der Waals surface area contributed by atoms with Gasteiger partial charge in [0, 0.05) is 19.2 Å². The smallest absolute Gasteiger partial charge is 0.223 e. The highest BCUT2D eigenvalue weighted by Crippen LogP contribution is 2.34. The number of amides is 1. The topological polar surface area (TPSA) is 54.5 Å². The van der Waals surface area contributed by atoms with Gasteiger partial charge in [-0.3, -0.25) is 4.79 Å². The Kier molecular flexibility index (Phi) is 5.84. The van der Waals surface area contributed by atoms with E-state index in [4.69, 9.17) is 0 Å². The quantitative estimate of drug-likeness (QED) is 0.829. The molecule has 1 fully saturated rings. The van der Waals surface area contributed by atoms with E-state index in [1.165, 1.54) is 22.9 Å². The van der Waals surface area contributed by atoms with Crippen molar-refractivity contribution < 1.29 is 13.2 Å². The summed E-state index contributed by atoms with van der Waals surface area (Å²) in [6.45, 7) is 4.99. The van der Waals surface area contributed by atoms with Crippen LogP contribution in [-0.4, -0.2) is 37.8 Å². The molecule has 5 heteroatoms. The van der Waals surface area contributed by atoms with Crippen molar-refractivity contribution in [2.75, 3.05) is 18.6 Å². The zero-order valence-electron chi connectivity index (χ0n) is 14.3. The molecule has 0 saturated carbocycles. The van der Waals surface area contributed by atoms with Crippen LogP contribution < -0.4 is 0 Å². The molecular weight excluding hydrogens is 310 g/mol. The van der Waals surface area contributed by atoms with E-state index in [1.807, 2.05) is 4.90 Å². The fourth-order valence-corrected chi connectivity index (χ4v) is 3.99. The molecule has 23 heavy (non-hydrogen) atoms. The largest absolute Gasteiger partial charge is 0.336 e. The summed E-state index contributed by atoms with van der Waals surface area (Å²) < 4.78 is 22.5. The highest BCUT2D eigenvalue weighted by molar-refractivity contribution is 7.90. The Labute approximate surface area is 139 Å². The number of aryl methyl sites for hydroxylation is 1. The van der Waals surface area contributed by atoms with Crippen LogP contribution >= 0.6 is 0 Å². The number of benzene rings is 1. The third-order valence-corrected chi connectivity index (χ3v) is 5.76. The Balaban J connectivity index is 2.12. The fourth-order valence-electron chi connectivity index (χ4n) is 3.32. The standard InChI is InChI=1S/C18H27NO3S/c1-14-8-6-9-16(15(14)2)17-10-4-5-12-19(17)18(20)11-7-13-23(3,21)22/h6,8-9,17H,4-5,7,10-13H2,1-3H3/t17-/m0/s1. The van der Waals surface area contributed by atoms with Crippen LogP contribution in [0, 0.1) is 13.8 Å². The maximum absolute atomic E-state index is 12.6. The molecule has 1 amide bonds. The van der Waals surface area contributed by atoms with E-state index in [-0.39, 0.29) is 17.7 Å². The van der Waals surface area contributed by atoms with Crippen molar-refractivity contribution in [1.82, 2.24) is 4.90 Å².